The van der Waals surface area contributed by atoms with E-state index in [9.17, 15) is 9.18 Å². The number of carbonyl (C=O) groups excluding carboxylic acids is 1. The molecule has 0 fully saturated rings. The number of hydrogen-bond acceptors (Lipinski definition) is 6. The van der Waals surface area contributed by atoms with Crippen molar-refractivity contribution < 1.29 is 18.7 Å². The summed E-state index contributed by atoms with van der Waals surface area (Å²) in [5.74, 6) is 0.648. The van der Waals surface area contributed by atoms with E-state index in [0.29, 0.717) is 17.9 Å². The van der Waals surface area contributed by atoms with Crippen molar-refractivity contribution in [3.63, 3.8) is 0 Å². The van der Waals surface area contributed by atoms with Gasteiger partial charge in [-0.05, 0) is 55.6 Å². The highest BCUT2D eigenvalue weighted by Gasteiger charge is 2.22. The normalized spacial score (nSPS) is 15.9. The number of hydrogen-bond donors (Lipinski definition) is 1. The molecule has 6 nitrogen and oxygen atoms in total. The molecule has 0 saturated heterocycles. The molecule has 2 aromatic rings. The average molecular weight is 385 g/mol. The summed E-state index contributed by atoms with van der Waals surface area (Å²) in [6, 6.07) is 4.67. The molecule has 0 saturated carbocycles. The van der Waals surface area contributed by atoms with Crippen LogP contribution in [0.1, 0.15) is 29.8 Å². The zero-order valence-corrected chi connectivity index (χ0v) is 15.9. The molecular weight excluding hydrogens is 361 g/mol. The molecule has 148 valence electrons. The Morgan fingerprint density at radius 3 is 3.00 bits per heavy atom. The SMILES string of the molecule is COC(=O)C=Cc1cc(F)cc2c1OC(CNCCCc1ncccn1)CC2. The minimum Gasteiger partial charge on any atom is -0.488 e. The van der Waals surface area contributed by atoms with Gasteiger partial charge in [-0.15, -0.1) is 0 Å². The molecule has 28 heavy (non-hydrogen) atoms. The second kappa shape index (κ2) is 9.94. The first-order valence-electron chi connectivity index (χ1n) is 9.37. The number of benzene rings is 1. The molecule has 0 spiro atoms. The van der Waals surface area contributed by atoms with E-state index in [4.69, 9.17) is 4.74 Å². The molecule has 2 heterocycles. The van der Waals surface area contributed by atoms with Crippen LogP contribution in [0.25, 0.3) is 6.08 Å². The van der Waals surface area contributed by atoms with Crippen LogP contribution < -0.4 is 10.1 Å². The molecule has 7 heteroatoms. The molecule has 0 aliphatic carbocycles. The third kappa shape index (κ3) is 5.60. The monoisotopic (exact) mass is 385 g/mol. The average Bonchev–Trinajstić information content (AvgIpc) is 2.72. The number of aromatic nitrogens is 2. The highest BCUT2D eigenvalue weighted by molar-refractivity contribution is 5.87. The van der Waals surface area contributed by atoms with E-state index in [-0.39, 0.29) is 11.9 Å². The summed E-state index contributed by atoms with van der Waals surface area (Å²) < 4.78 is 24.5. The van der Waals surface area contributed by atoms with Gasteiger partial charge >= 0.3 is 5.97 Å². The van der Waals surface area contributed by atoms with Crippen molar-refractivity contribution in [2.45, 2.75) is 31.8 Å². The fourth-order valence-corrected chi connectivity index (χ4v) is 3.13. The van der Waals surface area contributed by atoms with Crippen molar-refractivity contribution in [3.8, 4) is 5.75 Å². The Hall–Kier alpha value is -2.80. The van der Waals surface area contributed by atoms with E-state index in [1.54, 1.807) is 18.5 Å². The van der Waals surface area contributed by atoms with Crippen LogP contribution in [-0.4, -0.2) is 42.2 Å². The van der Waals surface area contributed by atoms with Crippen molar-refractivity contribution in [3.05, 3.63) is 59.4 Å². The number of fused-ring (bicyclic) bond motifs is 1. The first-order chi connectivity index (χ1) is 13.7. The summed E-state index contributed by atoms with van der Waals surface area (Å²) >= 11 is 0. The van der Waals surface area contributed by atoms with Gasteiger partial charge in [-0.2, -0.15) is 0 Å². The van der Waals surface area contributed by atoms with Gasteiger partial charge in [0.25, 0.3) is 0 Å². The Labute approximate surface area is 163 Å². The lowest BCUT2D eigenvalue weighted by molar-refractivity contribution is -0.134. The van der Waals surface area contributed by atoms with Crippen LogP contribution in [0.5, 0.6) is 5.75 Å². The van der Waals surface area contributed by atoms with Crippen LogP contribution in [0, 0.1) is 5.82 Å². The molecule has 3 rings (SSSR count). The number of esters is 1. The number of carbonyl (C=O) groups is 1. The first kappa shape index (κ1) is 19.9. The number of aryl methyl sites for hydroxylation is 2. The molecule has 1 N–H and O–H groups in total. The number of ether oxygens (including phenoxy) is 2. The smallest absolute Gasteiger partial charge is 0.330 e. The van der Waals surface area contributed by atoms with Crippen LogP contribution in [0.15, 0.2) is 36.7 Å². The minimum absolute atomic E-state index is 0.00351. The summed E-state index contributed by atoms with van der Waals surface area (Å²) in [5.41, 5.74) is 1.37. The van der Waals surface area contributed by atoms with Gasteiger partial charge in [-0.3, -0.25) is 0 Å². The Morgan fingerprint density at radius 2 is 2.21 bits per heavy atom. The zero-order valence-electron chi connectivity index (χ0n) is 15.9. The summed E-state index contributed by atoms with van der Waals surface area (Å²) in [6.45, 7) is 1.54. The first-order valence-corrected chi connectivity index (χ1v) is 9.37. The van der Waals surface area contributed by atoms with Gasteiger partial charge in [-0.1, -0.05) is 0 Å². The van der Waals surface area contributed by atoms with Crippen molar-refractivity contribution in [2.75, 3.05) is 20.2 Å². The Bertz CT molecular complexity index is 827. The van der Waals surface area contributed by atoms with E-state index < -0.39 is 5.97 Å². The molecular formula is C21H24FN3O3. The van der Waals surface area contributed by atoms with Gasteiger partial charge in [0.05, 0.1) is 7.11 Å². The van der Waals surface area contributed by atoms with Crippen LogP contribution in [0.2, 0.25) is 0 Å². The fraction of sp³-hybridized carbons (Fsp3) is 0.381. The molecule has 1 aromatic carbocycles. The number of halogens is 1. The Morgan fingerprint density at radius 1 is 1.39 bits per heavy atom. The van der Waals surface area contributed by atoms with Gasteiger partial charge in [0.2, 0.25) is 0 Å². The summed E-state index contributed by atoms with van der Waals surface area (Å²) in [4.78, 5) is 19.8. The number of rotatable bonds is 8. The number of nitrogens with zero attached hydrogens (tertiary/aromatic N) is 2. The lowest BCUT2D eigenvalue weighted by atomic mass is 9.98. The van der Waals surface area contributed by atoms with Crippen LogP contribution in [-0.2, 0) is 22.4 Å². The second-order valence-electron chi connectivity index (χ2n) is 6.59. The van der Waals surface area contributed by atoms with Gasteiger partial charge in [0.15, 0.2) is 0 Å². The predicted molar refractivity (Wildman–Crippen MR) is 103 cm³/mol. The zero-order chi connectivity index (χ0) is 19.8. The van der Waals surface area contributed by atoms with Gasteiger partial charge in [0, 0.05) is 37.0 Å². The number of methoxy groups -OCH3 is 1. The second-order valence-corrected chi connectivity index (χ2v) is 6.59. The summed E-state index contributed by atoms with van der Waals surface area (Å²) in [6.07, 6.45) is 9.60. The van der Waals surface area contributed by atoms with Crippen LogP contribution >= 0.6 is 0 Å². The molecule has 1 aliphatic rings. The Kier molecular flexibility index (Phi) is 7.08. The van der Waals surface area contributed by atoms with E-state index in [1.807, 2.05) is 0 Å². The van der Waals surface area contributed by atoms with Crippen molar-refractivity contribution in [2.24, 2.45) is 0 Å². The van der Waals surface area contributed by atoms with E-state index in [2.05, 4.69) is 20.0 Å². The topological polar surface area (TPSA) is 73.3 Å². The van der Waals surface area contributed by atoms with Gasteiger partial charge < -0.3 is 14.8 Å². The van der Waals surface area contributed by atoms with Crippen LogP contribution in [0.3, 0.4) is 0 Å². The maximum atomic E-state index is 13.9. The van der Waals surface area contributed by atoms with Gasteiger partial charge in [-0.25, -0.2) is 19.2 Å². The number of nitrogens with one attached hydrogen (secondary N) is 1. The molecule has 1 atom stereocenters. The van der Waals surface area contributed by atoms with E-state index in [0.717, 1.165) is 43.6 Å². The molecule has 0 radical (unpaired) electrons. The quantitative estimate of drug-likeness (QED) is 0.428. The molecule has 1 unspecified atom stereocenters. The molecule has 0 bridgehead atoms. The molecule has 1 aliphatic heterocycles. The van der Waals surface area contributed by atoms with Gasteiger partial charge in [0.1, 0.15) is 23.5 Å². The summed E-state index contributed by atoms with van der Waals surface area (Å²) in [7, 11) is 1.30. The third-order valence-electron chi connectivity index (χ3n) is 4.52. The highest BCUT2D eigenvalue weighted by atomic mass is 19.1. The highest BCUT2D eigenvalue weighted by Crippen LogP contribution is 2.33. The molecule has 0 amide bonds. The van der Waals surface area contributed by atoms with E-state index >= 15 is 0 Å². The van der Waals surface area contributed by atoms with E-state index in [1.165, 1.54) is 31.4 Å². The summed E-state index contributed by atoms with van der Waals surface area (Å²) in [5, 5.41) is 3.40. The predicted octanol–water partition coefficient (Wildman–Crippen LogP) is 2.72. The van der Waals surface area contributed by atoms with Crippen LogP contribution in [0.4, 0.5) is 4.39 Å². The minimum atomic E-state index is -0.491. The Balaban J connectivity index is 1.53. The van der Waals surface area contributed by atoms with Crippen molar-refractivity contribution in [1.29, 1.82) is 0 Å². The maximum Gasteiger partial charge on any atom is 0.330 e. The molecule has 1 aromatic heterocycles. The van der Waals surface area contributed by atoms with Crippen molar-refractivity contribution in [1.82, 2.24) is 15.3 Å². The maximum absolute atomic E-state index is 13.9. The lowest BCUT2D eigenvalue weighted by Gasteiger charge is -2.28. The third-order valence-corrected chi connectivity index (χ3v) is 4.52. The van der Waals surface area contributed by atoms with Crippen molar-refractivity contribution >= 4 is 12.0 Å². The lowest BCUT2D eigenvalue weighted by Crippen LogP contribution is -2.35. The standard InChI is InChI=1S/C21H24FN3O3/c1-27-20(26)8-6-16-13-17(22)12-15-5-7-18(28-21(15)16)14-23-9-2-4-19-24-10-3-11-25-19/h3,6,8,10-13,18,23H,2,4-5,7,9,14H2,1H3. The fourth-order valence-electron chi connectivity index (χ4n) is 3.13. The largest absolute Gasteiger partial charge is 0.488 e.